The molecule has 2 atom stereocenters. The Balaban J connectivity index is 1.62. The minimum atomic E-state index is 0.0558. The van der Waals surface area contributed by atoms with E-state index in [0.29, 0.717) is 29.0 Å². The van der Waals surface area contributed by atoms with Crippen LogP contribution >= 0.6 is 0 Å². The maximum Gasteiger partial charge on any atom is 0.254 e. The molecule has 3 aromatic rings. The smallest absolute Gasteiger partial charge is 0.254 e. The molecule has 0 spiro atoms. The molecule has 5 rings (SSSR count). The molecule has 0 radical (unpaired) electrons. The van der Waals surface area contributed by atoms with Crippen molar-refractivity contribution in [2.45, 2.75) is 25.3 Å². The summed E-state index contributed by atoms with van der Waals surface area (Å²) in [6, 6.07) is 11.8. The zero-order valence-electron chi connectivity index (χ0n) is 17.0. The molecule has 1 aliphatic heterocycles. The van der Waals surface area contributed by atoms with E-state index in [-0.39, 0.29) is 5.91 Å². The number of likely N-dealkylation sites (tertiary alicyclic amines) is 1. The van der Waals surface area contributed by atoms with Gasteiger partial charge in [-0.05, 0) is 65.4 Å². The normalized spacial score (nSPS) is 19.9. The highest BCUT2D eigenvalue weighted by Crippen LogP contribution is 2.40. The van der Waals surface area contributed by atoms with Gasteiger partial charge in [0.15, 0.2) is 11.5 Å². The van der Waals surface area contributed by atoms with E-state index in [1.165, 1.54) is 12.7 Å². The molecule has 2 aromatic carbocycles. The van der Waals surface area contributed by atoms with Crippen molar-refractivity contribution in [3.8, 4) is 28.3 Å². The van der Waals surface area contributed by atoms with Gasteiger partial charge < -0.3 is 14.4 Å². The van der Waals surface area contributed by atoms with Gasteiger partial charge in [0.1, 0.15) is 6.33 Å². The highest BCUT2D eigenvalue weighted by Gasteiger charge is 2.40. The van der Waals surface area contributed by atoms with Crippen molar-refractivity contribution in [3.05, 3.63) is 48.3 Å². The number of rotatable bonds is 5. The predicted octanol–water partition coefficient (Wildman–Crippen LogP) is 2.97. The molecule has 2 aliphatic rings. The van der Waals surface area contributed by atoms with Crippen LogP contribution in [0.1, 0.15) is 29.6 Å². The van der Waals surface area contributed by atoms with Crippen LogP contribution in [0.5, 0.6) is 11.5 Å². The number of piperidine rings is 1. The first kappa shape index (κ1) is 18.6. The lowest BCUT2D eigenvalue weighted by Crippen LogP contribution is -2.37. The molecule has 0 unspecified atom stereocenters. The molecular formula is C22H23N5O3. The SMILES string of the molecule is COc1cccc(-c2cc(C(=O)N3C[C@@H]4CC[C@H]3C4)cc(-n3cnnn3)c2)c1OC. The first-order chi connectivity index (χ1) is 14.7. The summed E-state index contributed by atoms with van der Waals surface area (Å²) in [5.41, 5.74) is 3.01. The number of tetrazole rings is 1. The Morgan fingerprint density at radius 2 is 2.03 bits per heavy atom. The molecular weight excluding hydrogens is 382 g/mol. The van der Waals surface area contributed by atoms with Crippen LogP contribution in [-0.4, -0.2) is 57.8 Å². The van der Waals surface area contributed by atoms with Crippen LogP contribution in [0.2, 0.25) is 0 Å². The van der Waals surface area contributed by atoms with Crippen molar-refractivity contribution in [2.75, 3.05) is 20.8 Å². The van der Waals surface area contributed by atoms with Crippen LogP contribution < -0.4 is 9.47 Å². The Kier molecular flexibility index (Phi) is 4.61. The molecule has 1 saturated heterocycles. The van der Waals surface area contributed by atoms with Crippen LogP contribution in [-0.2, 0) is 0 Å². The van der Waals surface area contributed by atoms with Crippen molar-refractivity contribution in [1.82, 2.24) is 25.1 Å². The monoisotopic (exact) mass is 405 g/mol. The Hall–Kier alpha value is -3.42. The van der Waals surface area contributed by atoms with E-state index in [2.05, 4.69) is 15.5 Å². The minimum Gasteiger partial charge on any atom is -0.493 e. The zero-order chi connectivity index (χ0) is 20.7. The maximum atomic E-state index is 13.4. The standard InChI is InChI=1S/C22H23N5O3/c1-29-20-5-3-4-19(21(20)30-2)15-9-16(11-18(10-15)27-13-23-24-25-27)22(28)26-12-14-6-7-17(26)8-14/h3-5,9-11,13-14,17H,6-8,12H2,1-2H3/t14-,17+/m1/s1. The summed E-state index contributed by atoms with van der Waals surface area (Å²) in [5, 5.41) is 11.5. The molecule has 1 aliphatic carbocycles. The highest BCUT2D eigenvalue weighted by molar-refractivity contribution is 5.97. The predicted molar refractivity (Wildman–Crippen MR) is 110 cm³/mol. The number of para-hydroxylation sites is 1. The number of aromatic nitrogens is 4. The van der Waals surface area contributed by atoms with Crippen LogP contribution in [0.15, 0.2) is 42.7 Å². The van der Waals surface area contributed by atoms with E-state index in [9.17, 15) is 4.79 Å². The molecule has 2 heterocycles. The Morgan fingerprint density at radius 3 is 2.70 bits per heavy atom. The lowest BCUT2D eigenvalue weighted by Gasteiger charge is -2.27. The van der Waals surface area contributed by atoms with Gasteiger partial charge >= 0.3 is 0 Å². The molecule has 2 fully saturated rings. The Bertz CT molecular complexity index is 1080. The average molecular weight is 405 g/mol. The van der Waals surface area contributed by atoms with Crippen molar-refractivity contribution in [3.63, 3.8) is 0 Å². The lowest BCUT2D eigenvalue weighted by atomic mass is 9.99. The molecule has 1 amide bonds. The number of carbonyl (C=O) groups is 1. The first-order valence-corrected chi connectivity index (χ1v) is 10.1. The first-order valence-electron chi connectivity index (χ1n) is 10.1. The van der Waals surface area contributed by atoms with E-state index in [0.717, 1.165) is 36.2 Å². The summed E-state index contributed by atoms with van der Waals surface area (Å²) in [7, 11) is 3.22. The number of carbonyl (C=O) groups excluding carboxylic acids is 1. The van der Waals surface area contributed by atoms with Crippen LogP contribution in [0.25, 0.3) is 16.8 Å². The number of methoxy groups -OCH3 is 2. The molecule has 154 valence electrons. The molecule has 8 heteroatoms. The second-order valence-corrected chi connectivity index (χ2v) is 7.85. The average Bonchev–Trinajstić information content (AvgIpc) is 3.56. The summed E-state index contributed by atoms with van der Waals surface area (Å²) in [5.74, 6) is 1.94. The number of fused-ring (bicyclic) bond motifs is 2. The molecule has 1 aromatic heterocycles. The fourth-order valence-electron chi connectivity index (χ4n) is 4.76. The van der Waals surface area contributed by atoms with Gasteiger partial charge in [-0.2, -0.15) is 0 Å². The highest BCUT2D eigenvalue weighted by atomic mass is 16.5. The molecule has 2 bridgehead atoms. The number of amides is 1. The van der Waals surface area contributed by atoms with Crippen molar-refractivity contribution in [2.24, 2.45) is 5.92 Å². The maximum absolute atomic E-state index is 13.4. The van der Waals surface area contributed by atoms with Gasteiger partial charge in [0.25, 0.3) is 5.91 Å². The fraction of sp³-hybridized carbons (Fsp3) is 0.364. The van der Waals surface area contributed by atoms with E-state index < -0.39 is 0 Å². The number of ether oxygens (including phenoxy) is 2. The van der Waals surface area contributed by atoms with Gasteiger partial charge in [-0.3, -0.25) is 4.79 Å². The van der Waals surface area contributed by atoms with E-state index in [4.69, 9.17) is 9.47 Å². The largest absolute Gasteiger partial charge is 0.493 e. The molecule has 0 N–H and O–H groups in total. The Morgan fingerprint density at radius 1 is 1.13 bits per heavy atom. The van der Waals surface area contributed by atoms with E-state index in [1.807, 2.05) is 41.3 Å². The van der Waals surface area contributed by atoms with E-state index >= 15 is 0 Å². The van der Waals surface area contributed by atoms with Gasteiger partial charge in [0, 0.05) is 23.7 Å². The van der Waals surface area contributed by atoms with Gasteiger partial charge in [-0.1, -0.05) is 12.1 Å². The molecule has 8 nitrogen and oxygen atoms in total. The van der Waals surface area contributed by atoms with Crippen molar-refractivity contribution < 1.29 is 14.3 Å². The van der Waals surface area contributed by atoms with Crippen molar-refractivity contribution >= 4 is 5.91 Å². The van der Waals surface area contributed by atoms with Gasteiger partial charge in [0.2, 0.25) is 0 Å². The summed E-state index contributed by atoms with van der Waals surface area (Å²) in [4.78, 5) is 15.5. The number of nitrogens with zero attached hydrogens (tertiary/aromatic N) is 5. The zero-order valence-corrected chi connectivity index (χ0v) is 17.0. The Labute approximate surface area is 174 Å². The molecule has 30 heavy (non-hydrogen) atoms. The minimum absolute atomic E-state index is 0.0558. The second kappa shape index (κ2) is 7.44. The lowest BCUT2D eigenvalue weighted by molar-refractivity contribution is 0.0703. The summed E-state index contributed by atoms with van der Waals surface area (Å²) in [6.45, 7) is 0.844. The van der Waals surface area contributed by atoms with E-state index in [1.54, 1.807) is 18.9 Å². The third-order valence-electron chi connectivity index (χ3n) is 6.16. The van der Waals surface area contributed by atoms with Gasteiger partial charge in [-0.25, -0.2) is 4.68 Å². The van der Waals surface area contributed by atoms with Crippen molar-refractivity contribution in [1.29, 1.82) is 0 Å². The van der Waals surface area contributed by atoms with Crippen LogP contribution in [0.3, 0.4) is 0 Å². The summed E-state index contributed by atoms with van der Waals surface area (Å²) in [6.07, 6.45) is 4.97. The second-order valence-electron chi connectivity index (χ2n) is 7.85. The number of benzene rings is 2. The van der Waals surface area contributed by atoms with Gasteiger partial charge in [-0.15, -0.1) is 5.10 Å². The topological polar surface area (TPSA) is 82.4 Å². The van der Waals surface area contributed by atoms with Gasteiger partial charge in [0.05, 0.1) is 19.9 Å². The third-order valence-corrected chi connectivity index (χ3v) is 6.16. The quantitative estimate of drug-likeness (QED) is 0.649. The summed E-state index contributed by atoms with van der Waals surface area (Å²) >= 11 is 0. The molecule has 1 saturated carbocycles. The number of hydrogen-bond donors (Lipinski definition) is 0. The fourth-order valence-corrected chi connectivity index (χ4v) is 4.76. The summed E-state index contributed by atoms with van der Waals surface area (Å²) < 4.78 is 12.6. The third kappa shape index (κ3) is 3.08. The van der Waals surface area contributed by atoms with Crippen LogP contribution in [0, 0.1) is 5.92 Å². The number of hydrogen-bond acceptors (Lipinski definition) is 6. The van der Waals surface area contributed by atoms with Crippen LogP contribution in [0.4, 0.5) is 0 Å².